The Morgan fingerprint density at radius 3 is 3.00 bits per heavy atom. The molecule has 0 radical (unpaired) electrons. The van der Waals surface area contributed by atoms with Crippen molar-refractivity contribution < 1.29 is 18.7 Å². The van der Waals surface area contributed by atoms with E-state index < -0.39 is 0 Å². The Morgan fingerprint density at radius 1 is 1.58 bits per heavy atom. The lowest BCUT2D eigenvalue weighted by Crippen LogP contribution is -2.28. The van der Waals surface area contributed by atoms with Crippen LogP contribution in [0.3, 0.4) is 0 Å². The maximum Gasteiger partial charge on any atom is 0.315 e. The molecule has 1 saturated heterocycles. The topological polar surface area (TPSA) is 59.8 Å². The van der Waals surface area contributed by atoms with E-state index >= 15 is 0 Å². The van der Waals surface area contributed by atoms with Gasteiger partial charge in [0.05, 0.1) is 12.9 Å². The lowest BCUT2D eigenvalue weighted by atomic mass is 10.4. The molecule has 0 aliphatic carbocycles. The molecule has 0 spiro atoms. The van der Waals surface area contributed by atoms with E-state index in [0.29, 0.717) is 29.3 Å². The van der Waals surface area contributed by atoms with Gasteiger partial charge in [-0.2, -0.15) is 0 Å². The van der Waals surface area contributed by atoms with E-state index in [9.17, 15) is 9.59 Å². The molecule has 1 aromatic rings. The highest BCUT2D eigenvalue weighted by Gasteiger charge is 2.29. The van der Waals surface area contributed by atoms with Gasteiger partial charge in [0.25, 0.3) is 5.91 Å². The first kappa shape index (κ1) is 14.5. The van der Waals surface area contributed by atoms with E-state index in [1.54, 1.807) is 17.0 Å². The number of nitrogens with zero attached hydrogens (tertiary/aromatic N) is 1. The molecule has 5 nitrogen and oxygen atoms in total. The summed E-state index contributed by atoms with van der Waals surface area (Å²) in [6.07, 6.45) is 0.884. The third-order valence-corrected chi connectivity index (χ3v) is 4.57. The summed E-state index contributed by atoms with van der Waals surface area (Å²) in [7, 11) is 1.38. The Hall–Kier alpha value is -0.950. The molecule has 2 rings (SSSR count). The molecule has 2 heterocycles. The normalized spacial score (nSPS) is 18.6. The number of hydrogen-bond acceptors (Lipinski definition) is 5. The Labute approximate surface area is 123 Å². The van der Waals surface area contributed by atoms with Gasteiger partial charge in [0.1, 0.15) is 0 Å². The monoisotopic (exact) mass is 347 g/mol. The highest BCUT2D eigenvalue weighted by Crippen LogP contribution is 2.25. The molecule has 1 amide bonds. The third kappa shape index (κ3) is 3.76. The predicted molar refractivity (Wildman–Crippen MR) is 75.2 cm³/mol. The van der Waals surface area contributed by atoms with Gasteiger partial charge in [-0.25, -0.2) is 0 Å². The molecule has 1 aromatic heterocycles. The second-order valence-corrected chi connectivity index (χ2v) is 6.22. The van der Waals surface area contributed by atoms with Gasteiger partial charge in [-0.05, 0) is 34.5 Å². The quantitative estimate of drug-likeness (QED) is 0.781. The number of thioether (sulfide) groups is 1. The van der Waals surface area contributed by atoms with Crippen LogP contribution in [-0.2, 0) is 9.53 Å². The smallest absolute Gasteiger partial charge is 0.315 e. The summed E-state index contributed by atoms with van der Waals surface area (Å²) in [5.41, 5.74) is 0. The number of amides is 1. The Balaban J connectivity index is 1.84. The number of esters is 1. The van der Waals surface area contributed by atoms with Crippen LogP contribution in [-0.4, -0.2) is 48.0 Å². The number of carbonyl (C=O) groups excluding carboxylic acids is 2. The molecule has 0 N–H and O–H groups in total. The highest BCUT2D eigenvalue weighted by atomic mass is 79.9. The summed E-state index contributed by atoms with van der Waals surface area (Å²) in [5.74, 6) is 0.331. The number of likely N-dealkylation sites (tertiary alicyclic amines) is 1. The zero-order chi connectivity index (χ0) is 13.8. The van der Waals surface area contributed by atoms with Crippen LogP contribution < -0.4 is 0 Å². The molecule has 1 atom stereocenters. The molecule has 19 heavy (non-hydrogen) atoms. The van der Waals surface area contributed by atoms with Crippen molar-refractivity contribution in [2.24, 2.45) is 0 Å². The molecule has 104 valence electrons. The van der Waals surface area contributed by atoms with E-state index in [2.05, 4.69) is 20.7 Å². The Kier molecular flexibility index (Phi) is 4.93. The highest BCUT2D eigenvalue weighted by molar-refractivity contribution is 9.10. The van der Waals surface area contributed by atoms with Crippen molar-refractivity contribution in [3.8, 4) is 0 Å². The SMILES string of the molecule is COC(=O)CSC1CCN(C(=O)c2ccc(Br)o2)C1. The minimum atomic E-state index is -0.232. The first-order valence-electron chi connectivity index (χ1n) is 5.83. The van der Waals surface area contributed by atoms with Gasteiger partial charge < -0.3 is 14.1 Å². The summed E-state index contributed by atoms with van der Waals surface area (Å²) in [6.45, 7) is 1.33. The van der Waals surface area contributed by atoms with Gasteiger partial charge >= 0.3 is 5.97 Å². The Morgan fingerprint density at radius 2 is 2.37 bits per heavy atom. The molecule has 0 aromatic carbocycles. The summed E-state index contributed by atoms with van der Waals surface area (Å²) in [6, 6.07) is 3.36. The second-order valence-electron chi connectivity index (χ2n) is 4.15. The fourth-order valence-electron chi connectivity index (χ4n) is 1.88. The number of ether oxygens (including phenoxy) is 1. The van der Waals surface area contributed by atoms with Gasteiger partial charge in [0.15, 0.2) is 10.4 Å². The van der Waals surface area contributed by atoms with Gasteiger partial charge in [-0.3, -0.25) is 9.59 Å². The molecule has 1 unspecified atom stereocenters. The van der Waals surface area contributed by atoms with Crippen LogP contribution in [0.15, 0.2) is 21.2 Å². The van der Waals surface area contributed by atoms with Crippen LogP contribution in [0.4, 0.5) is 0 Å². The van der Waals surface area contributed by atoms with E-state index in [1.165, 1.54) is 18.9 Å². The van der Waals surface area contributed by atoms with E-state index in [0.717, 1.165) is 6.42 Å². The molecule has 0 saturated carbocycles. The number of halogens is 1. The van der Waals surface area contributed by atoms with E-state index in [-0.39, 0.29) is 17.1 Å². The van der Waals surface area contributed by atoms with Gasteiger partial charge in [-0.1, -0.05) is 0 Å². The number of carbonyl (C=O) groups is 2. The number of furan rings is 1. The van der Waals surface area contributed by atoms with Crippen molar-refractivity contribution in [2.45, 2.75) is 11.7 Å². The lowest BCUT2D eigenvalue weighted by Gasteiger charge is -2.14. The molecule has 0 bridgehead atoms. The van der Waals surface area contributed by atoms with Crippen LogP contribution >= 0.6 is 27.7 Å². The van der Waals surface area contributed by atoms with Crippen molar-refractivity contribution in [3.63, 3.8) is 0 Å². The van der Waals surface area contributed by atoms with Gasteiger partial charge in [0, 0.05) is 18.3 Å². The van der Waals surface area contributed by atoms with Crippen molar-refractivity contribution >= 4 is 39.6 Å². The summed E-state index contributed by atoms with van der Waals surface area (Å²) in [4.78, 5) is 24.9. The first-order valence-corrected chi connectivity index (χ1v) is 7.67. The first-order chi connectivity index (χ1) is 9.10. The van der Waals surface area contributed by atoms with Crippen LogP contribution in [0.5, 0.6) is 0 Å². The lowest BCUT2D eigenvalue weighted by molar-refractivity contribution is -0.137. The maximum absolute atomic E-state index is 12.1. The van der Waals surface area contributed by atoms with Crippen LogP contribution in [0.1, 0.15) is 17.0 Å². The average molecular weight is 348 g/mol. The largest absolute Gasteiger partial charge is 0.468 e. The second kappa shape index (κ2) is 6.47. The fourth-order valence-corrected chi connectivity index (χ4v) is 3.23. The van der Waals surface area contributed by atoms with E-state index in [1.807, 2.05) is 0 Å². The molecule has 1 aliphatic rings. The molecular formula is C12H14BrNO4S. The zero-order valence-electron chi connectivity index (χ0n) is 10.4. The van der Waals surface area contributed by atoms with Crippen molar-refractivity contribution in [1.29, 1.82) is 0 Å². The molecule has 1 aliphatic heterocycles. The third-order valence-electron chi connectivity index (χ3n) is 2.88. The molecule has 7 heteroatoms. The van der Waals surface area contributed by atoms with Crippen LogP contribution in [0.25, 0.3) is 0 Å². The average Bonchev–Trinajstić information content (AvgIpc) is 3.04. The number of methoxy groups -OCH3 is 1. The zero-order valence-corrected chi connectivity index (χ0v) is 12.8. The van der Waals surface area contributed by atoms with Crippen LogP contribution in [0.2, 0.25) is 0 Å². The minimum Gasteiger partial charge on any atom is -0.468 e. The number of hydrogen-bond donors (Lipinski definition) is 0. The molecular weight excluding hydrogens is 334 g/mol. The van der Waals surface area contributed by atoms with Crippen LogP contribution in [0, 0.1) is 0 Å². The fraction of sp³-hybridized carbons (Fsp3) is 0.500. The van der Waals surface area contributed by atoms with E-state index in [4.69, 9.17) is 4.42 Å². The summed E-state index contributed by atoms with van der Waals surface area (Å²) < 4.78 is 10.4. The maximum atomic E-state index is 12.1. The summed E-state index contributed by atoms with van der Waals surface area (Å²) >= 11 is 4.71. The predicted octanol–water partition coefficient (Wildman–Crippen LogP) is 2.16. The van der Waals surface area contributed by atoms with Gasteiger partial charge in [0.2, 0.25) is 0 Å². The van der Waals surface area contributed by atoms with Gasteiger partial charge in [-0.15, -0.1) is 11.8 Å². The summed E-state index contributed by atoms with van der Waals surface area (Å²) in [5, 5.41) is 0.279. The standard InChI is InChI=1S/C12H14BrNO4S/c1-17-11(15)7-19-8-4-5-14(6-8)12(16)9-2-3-10(13)18-9/h2-3,8H,4-7H2,1H3. The minimum absolute atomic E-state index is 0.105. The van der Waals surface area contributed by atoms with Crippen molar-refractivity contribution in [1.82, 2.24) is 4.90 Å². The number of rotatable bonds is 4. The molecule has 1 fully saturated rings. The van der Waals surface area contributed by atoms with Crippen molar-refractivity contribution in [3.05, 3.63) is 22.6 Å². The Bertz CT molecular complexity index is 476. The van der Waals surface area contributed by atoms with Crippen molar-refractivity contribution in [2.75, 3.05) is 26.0 Å².